The van der Waals surface area contributed by atoms with Gasteiger partial charge in [-0.3, -0.25) is 4.68 Å². The molecule has 0 saturated heterocycles. The molecule has 0 aliphatic rings. The molecule has 2 aromatic rings. The van der Waals surface area contributed by atoms with Gasteiger partial charge in [-0.2, -0.15) is 5.10 Å². The van der Waals surface area contributed by atoms with Crippen LogP contribution in [0.15, 0.2) is 30.5 Å². The van der Waals surface area contributed by atoms with Crippen molar-refractivity contribution in [3.8, 4) is 0 Å². The van der Waals surface area contributed by atoms with Crippen LogP contribution in [0.2, 0.25) is 0 Å². The summed E-state index contributed by atoms with van der Waals surface area (Å²) in [5, 5.41) is 18.7. The molecule has 0 unspecified atom stereocenters. The number of carboxylic acid groups (broad SMARTS) is 1. The summed E-state index contributed by atoms with van der Waals surface area (Å²) in [6.07, 6.45) is 1.63. The van der Waals surface area contributed by atoms with E-state index in [2.05, 4.69) is 29.6 Å². The number of nitrogens with one attached hydrogen (secondary N) is 2. The Morgan fingerprint density at radius 2 is 2.08 bits per heavy atom. The first-order valence-corrected chi connectivity index (χ1v) is 7.76. The number of anilines is 1. The van der Waals surface area contributed by atoms with Crippen LogP contribution in [0.1, 0.15) is 35.5 Å². The first kappa shape index (κ1) is 17.5. The van der Waals surface area contributed by atoms with Crippen molar-refractivity contribution >= 4 is 17.7 Å². The van der Waals surface area contributed by atoms with Gasteiger partial charge in [-0.1, -0.05) is 26.0 Å². The largest absolute Gasteiger partial charge is 0.478 e. The van der Waals surface area contributed by atoms with E-state index in [1.165, 1.54) is 12.1 Å². The number of carbonyl (C=O) groups is 2. The van der Waals surface area contributed by atoms with Gasteiger partial charge < -0.3 is 15.7 Å². The highest BCUT2D eigenvalue weighted by Crippen LogP contribution is 2.15. The molecule has 7 nitrogen and oxygen atoms in total. The van der Waals surface area contributed by atoms with Crippen LogP contribution in [0, 0.1) is 12.8 Å². The summed E-state index contributed by atoms with van der Waals surface area (Å²) in [5.41, 5.74) is 2.47. The van der Waals surface area contributed by atoms with E-state index in [9.17, 15) is 9.59 Å². The van der Waals surface area contributed by atoms with Crippen LogP contribution >= 0.6 is 0 Å². The van der Waals surface area contributed by atoms with Crippen molar-refractivity contribution in [3.63, 3.8) is 0 Å². The van der Waals surface area contributed by atoms with Crippen LogP contribution in [-0.2, 0) is 13.1 Å². The lowest BCUT2D eigenvalue weighted by molar-refractivity contribution is 0.0696. The molecule has 0 radical (unpaired) electrons. The van der Waals surface area contributed by atoms with Gasteiger partial charge in [-0.15, -0.1) is 0 Å². The molecular formula is C17H22N4O3. The Morgan fingerprint density at radius 3 is 2.75 bits per heavy atom. The van der Waals surface area contributed by atoms with Gasteiger partial charge in [-0.05, 0) is 30.5 Å². The average Bonchev–Trinajstić information content (AvgIpc) is 2.86. The molecule has 1 aromatic carbocycles. The number of amides is 2. The Bertz CT molecular complexity index is 737. The molecule has 0 bridgehead atoms. The van der Waals surface area contributed by atoms with Gasteiger partial charge in [0, 0.05) is 13.1 Å². The lowest BCUT2D eigenvalue weighted by atomic mass is 10.1. The number of benzene rings is 1. The maximum Gasteiger partial charge on any atom is 0.335 e. The molecule has 7 heteroatoms. The molecule has 2 rings (SSSR count). The number of nitrogens with zero attached hydrogens (tertiary/aromatic N) is 2. The van der Waals surface area contributed by atoms with Gasteiger partial charge in [0.25, 0.3) is 0 Å². The normalized spacial score (nSPS) is 10.7. The maximum atomic E-state index is 12.0. The molecule has 0 saturated carbocycles. The third kappa shape index (κ3) is 4.58. The molecule has 1 heterocycles. The highest BCUT2D eigenvalue weighted by Gasteiger charge is 2.11. The number of carboxylic acids is 1. The second kappa shape index (κ2) is 7.63. The van der Waals surface area contributed by atoms with Crippen LogP contribution in [0.25, 0.3) is 0 Å². The fraction of sp³-hybridized carbons (Fsp3) is 0.353. The minimum absolute atomic E-state index is 0.195. The molecule has 0 fully saturated rings. The van der Waals surface area contributed by atoms with Crippen molar-refractivity contribution in [2.45, 2.75) is 33.9 Å². The van der Waals surface area contributed by atoms with Crippen LogP contribution < -0.4 is 10.6 Å². The SMILES string of the molecule is Cc1c(NC(=O)NCc2cccc(C(=O)O)c2)cnn1CC(C)C. The Labute approximate surface area is 140 Å². The molecule has 0 atom stereocenters. The van der Waals surface area contributed by atoms with E-state index in [1.807, 2.05) is 11.6 Å². The lowest BCUT2D eigenvalue weighted by Gasteiger charge is -2.10. The minimum atomic E-state index is -0.991. The number of rotatable bonds is 6. The molecule has 1 aromatic heterocycles. The summed E-state index contributed by atoms with van der Waals surface area (Å²) in [5.74, 6) is -0.527. The zero-order valence-corrected chi connectivity index (χ0v) is 14.0. The van der Waals surface area contributed by atoms with E-state index in [0.717, 1.165) is 17.8 Å². The number of aromatic carboxylic acids is 1. The number of hydrogen-bond donors (Lipinski definition) is 3. The van der Waals surface area contributed by atoms with Gasteiger partial charge in [0.15, 0.2) is 0 Å². The second-order valence-corrected chi connectivity index (χ2v) is 6.03. The predicted octanol–water partition coefficient (Wildman–Crippen LogP) is 2.87. The van der Waals surface area contributed by atoms with Crippen molar-refractivity contribution in [1.82, 2.24) is 15.1 Å². The van der Waals surface area contributed by atoms with Crippen LogP contribution in [0.4, 0.5) is 10.5 Å². The number of carbonyl (C=O) groups excluding carboxylic acids is 1. The molecule has 3 N–H and O–H groups in total. The monoisotopic (exact) mass is 330 g/mol. The van der Waals surface area contributed by atoms with Gasteiger partial charge in [0.1, 0.15) is 0 Å². The minimum Gasteiger partial charge on any atom is -0.478 e. The maximum absolute atomic E-state index is 12.0. The van der Waals surface area contributed by atoms with Crippen molar-refractivity contribution in [2.75, 3.05) is 5.32 Å². The van der Waals surface area contributed by atoms with E-state index in [4.69, 9.17) is 5.11 Å². The van der Waals surface area contributed by atoms with E-state index in [-0.39, 0.29) is 18.1 Å². The lowest BCUT2D eigenvalue weighted by Crippen LogP contribution is -2.28. The molecule has 2 amide bonds. The Hall–Kier alpha value is -2.83. The summed E-state index contributed by atoms with van der Waals surface area (Å²) >= 11 is 0. The summed E-state index contributed by atoms with van der Waals surface area (Å²) < 4.78 is 1.86. The van der Waals surface area contributed by atoms with Crippen molar-refractivity contribution in [3.05, 3.63) is 47.3 Å². The molecule has 0 aliphatic carbocycles. The molecule has 0 spiro atoms. The summed E-state index contributed by atoms with van der Waals surface area (Å²) in [6, 6.07) is 6.10. The van der Waals surface area contributed by atoms with Crippen molar-refractivity contribution in [2.24, 2.45) is 5.92 Å². The summed E-state index contributed by atoms with van der Waals surface area (Å²) in [4.78, 5) is 23.0. The van der Waals surface area contributed by atoms with E-state index >= 15 is 0 Å². The number of urea groups is 1. The van der Waals surface area contributed by atoms with Gasteiger partial charge in [0.2, 0.25) is 0 Å². The smallest absolute Gasteiger partial charge is 0.335 e. The Kier molecular flexibility index (Phi) is 5.57. The van der Waals surface area contributed by atoms with Crippen molar-refractivity contribution < 1.29 is 14.7 Å². The Morgan fingerprint density at radius 1 is 1.33 bits per heavy atom. The van der Waals surface area contributed by atoms with E-state index in [0.29, 0.717) is 11.6 Å². The number of aromatic nitrogens is 2. The topological polar surface area (TPSA) is 96.2 Å². The molecule has 128 valence electrons. The molecular weight excluding hydrogens is 308 g/mol. The number of hydrogen-bond acceptors (Lipinski definition) is 3. The average molecular weight is 330 g/mol. The molecule has 24 heavy (non-hydrogen) atoms. The van der Waals surface area contributed by atoms with Gasteiger partial charge >= 0.3 is 12.0 Å². The van der Waals surface area contributed by atoms with E-state index in [1.54, 1.807) is 18.3 Å². The van der Waals surface area contributed by atoms with Crippen LogP contribution in [0.5, 0.6) is 0 Å². The fourth-order valence-corrected chi connectivity index (χ4v) is 2.26. The second-order valence-electron chi connectivity index (χ2n) is 6.03. The Balaban J connectivity index is 1.93. The summed E-state index contributed by atoms with van der Waals surface area (Å²) in [7, 11) is 0. The van der Waals surface area contributed by atoms with E-state index < -0.39 is 5.97 Å². The van der Waals surface area contributed by atoms with Crippen LogP contribution in [-0.4, -0.2) is 26.9 Å². The first-order chi connectivity index (χ1) is 11.4. The zero-order valence-electron chi connectivity index (χ0n) is 14.0. The quantitative estimate of drug-likeness (QED) is 0.759. The van der Waals surface area contributed by atoms with Crippen LogP contribution in [0.3, 0.4) is 0 Å². The first-order valence-electron chi connectivity index (χ1n) is 7.76. The van der Waals surface area contributed by atoms with Gasteiger partial charge in [-0.25, -0.2) is 9.59 Å². The zero-order chi connectivity index (χ0) is 17.7. The standard InChI is InChI=1S/C17H22N4O3/c1-11(2)10-21-12(3)15(9-19-21)20-17(24)18-8-13-5-4-6-14(7-13)16(22)23/h4-7,9,11H,8,10H2,1-3H3,(H,22,23)(H2,18,20,24). The third-order valence-electron chi connectivity index (χ3n) is 3.52. The highest BCUT2D eigenvalue weighted by atomic mass is 16.4. The molecule has 0 aliphatic heterocycles. The fourth-order valence-electron chi connectivity index (χ4n) is 2.26. The van der Waals surface area contributed by atoms with Crippen molar-refractivity contribution in [1.29, 1.82) is 0 Å². The predicted molar refractivity (Wildman–Crippen MR) is 91.1 cm³/mol. The third-order valence-corrected chi connectivity index (χ3v) is 3.52. The summed E-state index contributed by atoms with van der Waals surface area (Å²) in [6.45, 7) is 7.14. The highest BCUT2D eigenvalue weighted by molar-refractivity contribution is 5.90. The van der Waals surface area contributed by atoms with Gasteiger partial charge in [0.05, 0.1) is 23.1 Å².